The second-order valence-electron chi connectivity index (χ2n) is 5.94. The first kappa shape index (κ1) is 23.5. The van der Waals surface area contributed by atoms with Crippen molar-refractivity contribution in [1.82, 2.24) is 0 Å². The molecule has 0 bridgehead atoms. The van der Waals surface area contributed by atoms with Gasteiger partial charge in [-0.15, -0.1) is 0 Å². The number of allylic oxidation sites excluding steroid dienone is 2. The Balaban J connectivity index is 2.82. The number of anilines is 1. The van der Waals surface area contributed by atoms with Gasteiger partial charge in [0.15, 0.2) is 0 Å². The van der Waals surface area contributed by atoms with Gasteiger partial charge in [0, 0.05) is 12.3 Å². The fraction of sp³-hybridized carbons (Fsp3) is 0.190. The van der Waals surface area contributed by atoms with E-state index >= 15 is 0 Å². The highest BCUT2D eigenvalue weighted by atomic mass is 19.4. The van der Waals surface area contributed by atoms with Crippen LogP contribution in [0.5, 0.6) is 0 Å². The zero-order valence-electron chi connectivity index (χ0n) is 16.7. The Morgan fingerprint density at radius 2 is 1.65 bits per heavy atom. The molecule has 0 amide bonds. The first-order valence-corrected chi connectivity index (χ1v) is 8.66. The van der Waals surface area contributed by atoms with Crippen molar-refractivity contribution in [1.29, 1.82) is 0 Å². The van der Waals surface area contributed by atoms with E-state index in [-0.39, 0.29) is 22.5 Å². The van der Waals surface area contributed by atoms with Crippen molar-refractivity contribution < 1.29 is 41.8 Å². The zero-order valence-corrected chi connectivity index (χ0v) is 16.7. The molecule has 7 nitrogen and oxygen atoms in total. The van der Waals surface area contributed by atoms with Crippen molar-refractivity contribution in [3.8, 4) is 0 Å². The highest BCUT2D eigenvalue weighted by molar-refractivity contribution is 6.06. The van der Waals surface area contributed by atoms with Crippen molar-refractivity contribution in [2.45, 2.75) is 6.18 Å². The van der Waals surface area contributed by atoms with Crippen molar-refractivity contribution >= 4 is 29.7 Å². The van der Waals surface area contributed by atoms with E-state index in [1.807, 2.05) is 0 Å². The minimum Gasteiger partial charge on any atom is -0.466 e. The number of nitrogens with zero attached hydrogens (tertiary/aromatic N) is 1. The molecule has 0 radical (unpaired) electrons. The van der Waals surface area contributed by atoms with E-state index in [9.17, 15) is 27.6 Å². The molecule has 1 aromatic carbocycles. The molecule has 0 fully saturated rings. The van der Waals surface area contributed by atoms with Crippen LogP contribution in [0, 0.1) is 0 Å². The van der Waals surface area contributed by atoms with Crippen LogP contribution in [-0.2, 0) is 34.8 Å². The summed E-state index contributed by atoms with van der Waals surface area (Å²) in [6.07, 6.45) is 2.91. The number of alkyl halides is 3. The van der Waals surface area contributed by atoms with E-state index in [1.54, 1.807) is 0 Å². The topological polar surface area (TPSA) is 82.1 Å². The molecule has 1 heterocycles. The molecular weight excluding hydrogens is 419 g/mol. The second kappa shape index (κ2) is 9.79. The van der Waals surface area contributed by atoms with E-state index in [1.165, 1.54) is 30.5 Å². The summed E-state index contributed by atoms with van der Waals surface area (Å²) in [7, 11) is 3.30. The van der Waals surface area contributed by atoms with Gasteiger partial charge in [0.05, 0.1) is 38.2 Å². The minimum atomic E-state index is -4.69. The van der Waals surface area contributed by atoms with Crippen LogP contribution in [0.15, 0.2) is 60.0 Å². The third kappa shape index (κ3) is 5.41. The van der Waals surface area contributed by atoms with Crippen LogP contribution < -0.4 is 4.90 Å². The van der Waals surface area contributed by atoms with Crippen molar-refractivity contribution in [2.24, 2.45) is 0 Å². The van der Waals surface area contributed by atoms with Gasteiger partial charge in [0.25, 0.3) is 0 Å². The summed E-state index contributed by atoms with van der Waals surface area (Å²) in [6.45, 7) is 0. The van der Waals surface area contributed by atoms with E-state index in [0.717, 1.165) is 50.5 Å². The average molecular weight is 437 g/mol. The van der Waals surface area contributed by atoms with E-state index in [0.29, 0.717) is 0 Å². The molecule has 1 aromatic rings. The number of ether oxygens (including phenoxy) is 3. The molecule has 10 heteroatoms. The maximum Gasteiger partial charge on any atom is 0.416 e. The molecule has 164 valence electrons. The van der Waals surface area contributed by atoms with Gasteiger partial charge >= 0.3 is 24.1 Å². The molecular formula is C21H18F3NO6. The van der Waals surface area contributed by atoms with Crippen molar-refractivity contribution in [3.63, 3.8) is 0 Å². The Hall–Kier alpha value is -3.82. The van der Waals surface area contributed by atoms with Crippen LogP contribution in [0.4, 0.5) is 18.9 Å². The number of hydrogen-bond donors (Lipinski definition) is 0. The first-order chi connectivity index (χ1) is 14.6. The maximum absolute atomic E-state index is 13.4. The lowest BCUT2D eigenvalue weighted by Crippen LogP contribution is -2.27. The van der Waals surface area contributed by atoms with Gasteiger partial charge in [0.1, 0.15) is 5.70 Å². The van der Waals surface area contributed by atoms with E-state index < -0.39 is 29.6 Å². The SMILES string of the molecule is COC(=O)C=Cc1ccc(C(F)(F)F)cc1N1C=CC=CC(C(=O)OC)=C1C(=O)OC. The third-order valence-electron chi connectivity index (χ3n) is 4.11. The lowest BCUT2D eigenvalue weighted by atomic mass is 10.0. The van der Waals surface area contributed by atoms with Gasteiger partial charge in [-0.2, -0.15) is 13.2 Å². The first-order valence-electron chi connectivity index (χ1n) is 8.66. The van der Waals surface area contributed by atoms with Gasteiger partial charge in [-0.05, 0) is 35.9 Å². The summed E-state index contributed by atoms with van der Waals surface area (Å²) >= 11 is 0. The number of carbonyl (C=O) groups excluding carboxylic acids is 3. The number of methoxy groups -OCH3 is 3. The van der Waals surface area contributed by atoms with Crippen LogP contribution in [0.25, 0.3) is 6.08 Å². The van der Waals surface area contributed by atoms with Gasteiger partial charge in [-0.25, -0.2) is 14.4 Å². The summed E-state index contributed by atoms with van der Waals surface area (Å²) in [6, 6.07) is 2.73. The smallest absolute Gasteiger partial charge is 0.416 e. The van der Waals surface area contributed by atoms with Crippen LogP contribution in [-0.4, -0.2) is 39.2 Å². The Bertz CT molecular complexity index is 1000. The standard InChI is InChI=1S/C21H18F3NO6/c1-29-17(26)10-8-13-7-9-14(21(22,23)24)12-16(13)25-11-5-4-6-15(19(27)30-2)18(25)20(28)31-3/h4-12H,1-3H3. The molecule has 0 unspecified atom stereocenters. The molecule has 1 aliphatic heterocycles. The van der Waals surface area contributed by atoms with Crippen LogP contribution in [0.3, 0.4) is 0 Å². The molecule has 1 aliphatic rings. The quantitative estimate of drug-likeness (QED) is 0.397. The lowest BCUT2D eigenvalue weighted by Gasteiger charge is -2.25. The van der Waals surface area contributed by atoms with Crippen LogP contribution in [0.2, 0.25) is 0 Å². The second-order valence-corrected chi connectivity index (χ2v) is 5.94. The molecule has 0 N–H and O–H groups in total. The normalized spacial score (nSPS) is 13.9. The highest BCUT2D eigenvalue weighted by Crippen LogP contribution is 2.36. The summed E-state index contributed by atoms with van der Waals surface area (Å²) < 4.78 is 54.1. The fourth-order valence-corrected chi connectivity index (χ4v) is 2.65. The number of esters is 3. The Morgan fingerprint density at radius 3 is 2.23 bits per heavy atom. The molecule has 0 saturated heterocycles. The molecule has 0 aliphatic carbocycles. The predicted octanol–water partition coefficient (Wildman–Crippen LogP) is 3.38. The summed E-state index contributed by atoms with van der Waals surface area (Å²) in [4.78, 5) is 37.3. The summed E-state index contributed by atoms with van der Waals surface area (Å²) in [5.74, 6) is -2.63. The monoisotopic (exact) mass is 437 g/mol. The Labute approximate surface area is 175 Å². The third-order valence-corrected chi connectivity index (χ3v) is 4.11. The van der Waals surface area contributed by atoms with Crippen molar-refractivity contribution in [2.75, 3.05) is 26.2 Å². The number of carbonyl (C=O) groups is 3. The largest absolute Gasteiger partial charge is 0.466 e. The van der Waals surface area contributed by atoms with Gasteiger partial charge in [-0.3, -0.25) is 0 Å². The van der Waals surface area contributed by atoms with E-state index in [4.69, 9.17) is 9.47 Å². The lowest BCUT2D eigenvalue weighted by molar-refractivity contribution is -0.139. The zero-order chi connectivity index (χ0) is 23.2. The fourth-order valence-electron chi connectivity index (χ4n) is 2.65. The summed E-state index contributed by atoms with van der Waals surface area (Å²) in [5, 5.41) is 0. The predicted molar refractivity (Wildman–Crippen MR) is 104 cm³/mol. The number of rotatable bonds is 5. The molecule has 0 atom stereocenters. The van der Waals surface area contributed by atoms with Gasteiger partial charge in [-0.1, -0.05) is 12.1 Å². The Kier molecular flexibility index (Phi) is 7.41. The molecule has 0 spiro atoms. The van der Waals surface area contributed by atoms with Crippen LogP contribution in [0.1, 0.15) is 11.1 Å². The summed E-state index contributed by atoms with van der Waals surface area (Å²) in [5.41, 5.74) is -1.62. The van der Waals surface area contributed by atoms with Gasteiger partial charge < -0.3 is 19.1 Å². The molecule has 31 heavy (non-hydrogen) atoms. The highest BCUT2D eigenvalue weighted by Gasteiger charge is 2.33. The number of hydrogen-bond acceptors (Lipinski definition) is 7. The molecule has 0 saturated carbocycles. The number of benzene rings is 1. The van der Waals surface area contributed by atoms with Gasteiger partial charge in [0.2, 0.25) is 0 Å². The van der Waals surface area contributed by atoms with Crippen LogP contribution >= 0.6 is 0 Å². The number of halogens is 3. The van der Waals surface area contributed by atoms with E-state index in [2.05, 4.69) is 4.74 Å². The Morgan fingerprint density at radius 1 is 0.968 bits per heavy atom. The average Bonchev–Trinajstić information content (AvgIpc) is 2.98. The minimum absolute atomic E-state index is 0.135. The van der Waals surface area contributed by atoms with Crippen molar-refractivity contribution in [3.05, 3.63) is 71.1 Å². The maximum atomic E-state index is 13.4. The molecule has 2 rings (SSSR count). The molecule has 0 aromatic heterocycles.